The first-order valence-corrected chi connectivity index (χ1v) is 5.35. The van der Waals surface area contributed by atoms with Crippen LogP contribution in [0.4, 0.5) is 0 Å². The molecular weight excluding hydrogens is 202 g/mol. The van der Waals surface area contributed by atoms with Crippen LogP contribution in [0, 0.1) is 0 Å². The van der Waals surface area contributed by atoms with E-state index in [1.54, 1.807) is 0 Å². The number of allylic oxidation sites excluding steroid dienone is 4. The Balaban J connectivity index is 2.29. The molecule has 0 aliphatic heterocycles. The van der Waals surface area contributed by atoms with Crippen LogP contribution in [-0.2, 0) is 6.54 Å². The van der Waals surface area contributed by atoms with E-state index in [4.69, 9.17) is 18.0 Å². The van der Waals surface area contributed by atoms with Gasteiger partial charge in [0.15, 0.2) is 0 Å². The molecule has 1 aliphatic rings. The van der Waals surface area contributed by atoms with Gasteiger partial charge < -0.3 is 0 Å². The molecular formula is C13H12NS. The van der Waals surface area contributed by atoms with Gasteiger partial charge in [-0.3, -0.25) is 5.73 Å². The molecule has 15 heavy (non-hydrogen) atoms. The molecule has 1 radical (unpaired) electrons. The van der Waals surface area contributed by atoms with Crippen molar-refractivity contribution >= 4 is 22.7 Å². The van der Waals surface area contributed by atoms with Gasteiger partial charge in [-0.2, -0.15) is 0 Å². The van der Waals surface area contributed by atoms with Crippen LogP contribution in [0.25, 0.3) is 5.57 Å². The number of thiocarbonyl (C=S) groups is 1. The van der Waals surface area contributed by atoms with E-state index in [1.165, 1.54) is 11.1 Å². The lowest BCUT2D eigenvalue weighted by molar-refractivity contribution is 1.03. The van der Waals surface area contributed by atoms with Gasteiger partial charge in [-0.15, -0.1) is 0 Å². The van der Waals surface area contributed by atoms with E-state index in [-0.39, 0.29) is 0 Å². The van der Waals surface area contributed by atoms with E-state index in [9.17, 15) is 0 Å². The molecule has 0 spiro atoms. The average molecular weight is 214 g/mol. The van der Waals surface area contributed by atoms with Gasteiger partial charge in [-0.25, -0.2) is 0 Å². The van der Waals surface area contributed by atoms with E-state index in [1.807, 2.05) is 30.3 Å². The third-order valence-electron chi connectivity index (χ3n) is 2.42. The minimum absolute atomic E-state index is 0.341. The third-order valence-corrected chi connectivity index (χ3v) is 2.71. The first-order valence-electron chi connectivity index (χ1n) is 4.94. The Labute approximate surface area is 95.3 Å². The molecule has 0 unspecified atom stereocenters. The summed E-state index contributed by atoms with van der Waals surface area (Å²) in [4.78, 5) is 0.983. The lowest BCUT2D eigenvalue weighted by atomic mass is 9.98. The topological polar surface area (TPSA) is 23.8 Å². The van der Waals surface area contributed by atoms with Crippen molar-refractivity contribution in [3.05, 3.63) is 53.6 Å². The summed E-state index contributed by atoms with van der Waals surface area (Å²) in [6.07, 6.45) is 7.12. The normalized spacial score (nSPS) is 15.3. The van der Waals surface area contributed by atoms with Crippen molar-refractivity contribution in [3.8, 4) is 0 Å². The van der Waals surface area contributed by atoms with Crippen molar-refractivity contribution in [3.63, 3.8) is 0 Å². The second-order valence-corrected chi connectivity index (χ2v) is 4.07. The van der Waals surface area contributed by atoms with Crippen LogP contribution in [-0.4, -0.2) is 4.86 Å². The van der Waals surface area contributed by atoms with E-state index in [0.717, 1.165) is 16.8 Å². The minimum atomic E-state index is 0.341. The monoisotopic (exact) mass is 214 g/mol. The molecule has 1 nitrogen and oxygen atoms in total. The molecule has 2 rings (SSSR count). The van der Waals surface area contributed by atoms with Crippen molar-refractivity contribution in [1.82, 2.24) is 5.73 Å². The van der Waals surface area contributed by atoms with Crippen LogP contribution in [0.15, 0.2) is 42.5 Å². The Morgan fingerprint density at radius 2 is 1.93 bits per heavy atom. The van der Waals surface area contributed by atoms with Crippen LogP contribution in [0.3, 0.4) is 0 Å². The summed E-state index contributed by atoms with van der Waals surface area (Å²) in [7, 11) is 0. The fourth-order valence-corrected chi connectivity index (χ4v) is 1.80. The Morgan fingerprint density at radius 3 is 2.53 bits per heavy atom. The molecule has 0 aromatic heterocycles. The number of hydrogen-bond donors (Lipinski definition) is 0. The van der Waals surface area contributed by atoms with Crippen LogP contribution in [0.1, 0.15) is 17.5 Å². The van der Waals surface area contributed by atoms with Crippen molar-refractivity contribution in [2.45, 2.75) is 13.0 Å². The van der Waals surface area contributed by atoms with Crippen molar-refractivity contribution in [2.24, 2.45) is 0 Å². The van der Waals surface area contributed by atoms with Crippen LogP contribution < -0.4 is 5.73 Å². The Bertz CT molecular complexity index is 426. The zero-order valence-corrected chi connectivity index (χ0v) is 9.18. The lowest BCUT2D eigenvalue weighted by Crippen LogP contribution is -1.95. The average Bonchev–Trinajstić information content (AvgIpc) is 2.29. The van der Waals surface area contributed by atoms with Crippen molar-refractivity contribution in [1.29, 1.82) is 0 Å². The van der Waals surface area contributed by atoms with Crippen LogP contribution in [0.5, 0.6) is 0 Å². The lowest BCUT2D eigenvalue weighted by Gasteiger charge is -2.08. The fourth-order valence-electron chi connectivity index (χ4n) is 1.58. The predicted octanol–water partition coefficient (Wildman–Crippen LogP) is 3.18. The number of benzene rings is 1. The summed E-state index contributed by atoms with van der Waals surface area (Å²) < 4.78 is 0. The Kier molecular flexibility index (Phi) is 3.09. The Hall–Kier alpha value is -1.25. The Morgan fingerprint density at radius 1 is 1.20 bits per heavy atom. The minimum Gasteiger partial charge on any atom is -0.253 e. The molecule has 0 saturated heterocycles. The quantitative estimate of drug-likeness (QED) is 0.694. The van der Waals surface area contributed by atoms with E-state index >= 15 is 0 Å². The second kappa shape index (κ2) is 4.51. The molecule has 0 bridgehead atoms. The summed E-state index contributed by atoms with van der Waals surface area (Å²) >= 11 is 5.17. The summed E-state index contributed by atoms with van der Waals surface area (Å²) in [5, 5.41) is 0. The van der Waals surface area contributed by atoms with Gasteiger partial charge in [-0.1, -0.05) is 48.6 Å². The zero-order chi connectivity index (χ0) is 10.7. The second-order valence-electron chi connectivity index (χ2n) is 3.55. The van der Waals surface area contributed by atoms with E-state index in [0.29, 0.717) is 6.54 Å². The molecule has 0 fully saturated rings. The highest BCUT2D eigenvalue weighted by Gasteiger charge is 2.03. The maximum absolute atomic E-state index is 7.24. The highest BCUT2D eigenvalue weighted by Crippen LogP contribution is 2.20. The maximum atomic E-state index is 7.24. The molecule has 75 valence electrons. The first-order chi connectivity index (χ1) is 7.29. The molecule has 2 heteroatoms. The molecule has 0 heterocycles. The van der Waals surface area contributed by atoms with Crippen LogP contribution >= 0.6 is 12.2 Å². The molecule has 1 aromatic rings. The van der Waals surface area contributed by atoms with Crippen LogP contribution in [0.2, 0.25) is 0 Å². The number of rotatable bonds is 2. The van der Waals surface area contributed by atoms with Gasteiger partial charge in [0.1, 0.15) is 0 Å². The van der Waals surface area contributed by atoms with Gasteiger partial charge in [0.25, 0.3) is 0 Å². The molecule has 1 aliphatic carbocycles. The standard InChI is InChI=1S/C13H12NS/c14-9-10-4-6-11(7-5-10)12-2-1-3-13(15)8-12/h1-2,4-8,14H,3,9H2. The first kappa shape index (κ1) is 10.3. The van der Waals surface area contributed by atoms with E-state index < -0.39 is 0 Å². The molecule has 0 atom stereocenters. The molecule has 1 N–H and O–H groups in total. The van der Waals surface area contributed by atoms with Gasteiger partial charge in [0.2, 0.25) is 0 Å². The highest BCUT2D eigenvalue weighted by molar-refractivity contribution is 7.80. The summed E-state index contributed by atoms with van der Waals surface area (Å²) in [6, 6.07) is 8.09. The maximum Gasteiger partial charge on any atom is 0.0351 e. The fraction of sp³-hybridized carbons (Fsp3) is 0.154. The number of hydrogen-bond acceptors (Lipinski definition) is 1. The molecule has 1 aromatic carbocycles. The van der Waals surface area contributed by atoms with E-state index in [2.05, 4.69) is 12.2 Å². The third kappa shape index (κ3) is 2.41. The smallest absolute Gasteiger partial charge is 0.0351 e. The van der Waals surface area contributed by atoms with Crippen molar-refractivity contribution in [2.75, 3.05) is 0 Å². The largest absolute Gasteiger partial charge is 0.253 e. The summed E-state index contributed by atoms with van der Waals surface area (Å²) in [6.45, 7) is 0.341. The SMILES string of the molecule is [NH]Cc1ccc(C2=CC(=S)CC=C2)cc1. The van der Waals surface area contributed by atoms with Gasteiger partial charge in [0, 0.05) is 17.8 Å². The van der Waals surface area contributed by atoms with Gasteiger partial charge >= 0.3 is 0 Å². The predicted molar refractivity (Wildman–Crippen MR) is 67.6 cm³/mol. The highest BCUT2D eigenvalue weighted by atomic mass is 32.1. The summed E-state index contributed by atoms with van der Waals surface area (Å²) in [5.41, 5.74) is 10.6. The summed E-state index contributed by atoms with van der Waals surface area (Å²) in [5.74, 6) is 0. The zero-order valence-electron chi connectivity index (χ0n) is 8.36. The number of nitrogens with one attached hydrogen (secondary N) is 1. The van der Waals surface area contributed by atoms with Gasteiger partial charge in [0.05, 0.1) is 0 Å². The van der Waals surface area contributed by atoms with Gasteiger partial charge in [-0.05, 0) is 22.8 Å². The van der Waals surface area contributed by atoms with Crippen molar-refractivity contribution < 1.29 is 0 Å². The molecule has 0 amide bonds. The molecule has 0 saturated carbocycles.